The molecule has 3 aromatic rings. The van der Waals surface area contributed by atoms with Gasteiger partial charge in [-0.25, -0.2) is 0 Å². The molecule has 152 valence electrons. The number of ether oxygens (including phenoxy) is 1. The molecule has 2 aliphatic rings. The molecule has 0 atom stereocenters. The number of aliphatic imine (C=N–C) groups is 1. The summed E-state index contributed by atoms with van der Waals surface area (Å²) in [4.78, 5) is 5.10. The van der Waals surface area contributed by atoms with Gasteiger partial charge in [-0.15, -0.1) is 0 Å². The van der Waals surface area contributed by atoms with Crippen LogP contribution in [0.3, 0.4) is 0 Å². The van der Waals surface area contributed by atoms with Crippen LogP contribution >= 0.6 is 0 Å². The third-order valence-corrected chi connectivity index (χ3v) is 6.16. The highest BCUT2D eigenvalue weighted by atomic mass is 16.5. The molecule has 4 heteroatoms. The minimum absolute atomic E-state index is 0.109. The molecule has 0 aliphatic carbocycles. The van der Waals surface area contributed by atoms with Crippen LogP contribution in [-0.4, -0.2) is 18.9 Å². The number of para-hydroxylation sites is 2. The maximum absolute atomic E-state index is 5.99. The van der Waals surface area contributed by atoms with E-state index in [0.717, 1.165) is 55.3 Å². The van der Waals surface area contributed by atoms with E-state index in [1.54, 1.807) is 0 Å². The fourth-order valence-electron chi connectivity index (χ4n) is 4.53. The van der Waals surface area contributed by atoms with Crippen LogP contribution in [0.4, 0.5) is 5.69 Å². The lowest BCUT2D eigenvalue weighted by molar-refractivity contribution is 0.293. The summed E-state index contributed by atoms with van der Waals surface area (Å²) in [5.41, 5.74) is 3.86. The number of fused-ring (bicyclic) bond motifs is 1. The maximum atomic E-state index is 5.99. The summed E-state index contributed by atoms with van der Waals surface area (Å²) in [7, 11) is 0. The predicted octanol–water partition coefficient (Wildman–Crippen LogP) is 5.42. The zero-order chi connectivity index (χ0) is 20.2. The lowest BCUT2D eigenvalue weighted by Gasteiger charge is -2.42. The molecule has 2 heterocycles. The summed E-state index contributed by atoms with van der Waals surface area (Å²) in [6.07, 6.45) is 3.29. The Bertz CT molecular complexity index is 1040. The Balaban J connectivity index is 1.39. The van der Waals surface area contributed by atoms with Gasteiger partial charge >= 0.3 is 0 Å². The molecule has 30 heavy (non-hydrogen) atoms. The number of rotatable bonds is 4. The molecule has 1 saturated heterocycles. The van der Waals surface area contributed by atoms with E-state index in [0.29, 0.717) is 6.54 Å². The molecule has 0 amide bonds. The SMILES string of the molecule is c1ccc(Oc2cccc(CN=C3Nc4ccccc4CC34CCNCC4)c2)cc1. The molecule has 1 fully saturated rings. The first-order chi connectivity index (χ1) is 14.8. The molecule has 2 N–H and O–H groups in total. The molecule has 2 aliphatic heterocycles. The highest BCUT2D eigenvalue weighted by Crippen LogP contribution is 2.41. The van der Waals surface area contributed by atoms with Crippen molar-refractivity contribution in [1.82, 2.24) is 5.32 Å². The normalized spacial score (nSPS) is 18.6. The van der Waals surface area contributed by atoms with Gasteiger partial charge in [0.1, 0.15) is 17.3 Å². The lowest BCUT2D eigenvalue weighted by Crippen LogP contribution is -2.48. The van der Waals surface area contributed by atoms with E-state index in [1.165, 1.54) is 11.3 Å². The van der Waals surface area contributed by atoms with Crippen LogP contribution in [0.2, 0.25) is 0 Å². The van der Waals surface area contributed by atoms with Gasteiger partial charge in [0.05, 0.1) is 6.54 Å². The Labute approximate surface area is 178 Å². The fourth-order valence-corrected chi connectivity index (χ4v) is 4.53. The van der Waals surface area contributed by atoms with E-state index in [-0.39, 0.29) is 5.41 Å². The third-order valence-electron chi connectivity index (χ3n) is 6.16. The van der Waals surface area contributed by atoms with Crippen LogP contribution in [0.1, 0.15) is 24.0 Å². The number of nitrogens with zero attached hydrogens (tertiary/aromatic N) is 1. The van der Waals surface area contributed by atoms with Gasteiger partial charge in [-0.3, -0.25) is 4.99 Å². The van der Waals surface area contributed by atoms with Crippen LogP contribution < -0.4 is 15.4 Å². The average Bonchev–Trinajstić information content (AvgIpc) is 2.79. The first kappa shape index (κ1) is 18.9. The van der Waals surface area contributed by atoms with Crippen molar-refractivity contribution in [2.75, 3.05) is 18.4 Å². The van der Waals surface area contributed by atoms with Gasteiger partial charge in [0.15, 0.2) is 0 Å². The zero-order valence-electron chi connectivity index (χ0n) is 17.1. The van der Waals surface area contributed by atoms with Crippen molar-refractivity contribution in [3.63, 3.8) is 0 Å². The zero-order valence-corrected chi connectivity index (χ0v) is 17.1. The predicted molar refractivity (Wildman–Crippen MR) is 122 cm³/mol. The summed E-state index contributed by atoms with van der Waals surface area (Å²) in [5.74, 6) is 2.83. The molecule has 4 nitrogen and oxygen atoms in total. The van der Waals surface area contributed by atoms with E-state index in [4.69, 9.17) is 9.73 Å². The van der Waals surface area contributed by atoms with Gasteiger partial charge in [-0.05, 0) is 73.8 Å². The van der Waals surface area contributed by atoms with Crippen molar-refractivity contribution in [1.29, 1.82) is 0 Å². The van der Waals surface area contributed by atoms with E-state index in [2.05, 4.69) is 47.0 Å². The first-order valence-corrected chi connectivity index (χ1v) is 10.7. The second-order valence-electron chi connectivity index (χ2n) is 8.22. The summed E-state index contributed by atoms with van der Waals surface area (Å²) in [5, 5.41) is 7.18. The smallest absolute Gasteiger partial charge is 0.127 e. The highest BCUT2D eigenvalue weighted by molar-refractivity contribution is 6.02. The topological polar surface area (TPSA) is 45.6 Å². The summed E-state index contributed by atoms with van der Waals surface area (Å²) in [6.45, 7) is 2.73. The van der Waals surface area contributed by atoms with E-state index < -0.39 is 0 Å². The molecule has 0 bridgehead atoms. The van der Waals surface area contributed by atoms with Gasteiger partial charge in [0.2, 0.25) is 0 Å². The van der Waals surface area contributed by atoms with Crippen LogP contribution in [0.15, 0.2) is 83.9 Å². The fraction of sp³-hybridized carbons (Fsp3) is 0.269. The average molecular weight is 398 g/mol. The molecule has 0 saturated carbocycles. The lowest BCUT2D eigenvalue weighted by atomic mass is 9.71. The number of hydrogen-bond acceptors (Lipinski definition) is 3. The minimum atomic E-state index is 0.109. The Morgan fingerprint density at radius 2 is 1.60 bits per heavy atom. The second kappa shape index (κ2) is 8.33. The molecule has 0 unspecified atom stereocenters. The van der Waals surface area contributed by atoms with Crippen LogP contribution in [-0.2, 0) is 13.0 Å². The Morgan fingerprint density at radius 1 is 0.833 bits per heavy atom. The Hall–Kier alpha value is -3.11. The van der Waals surface area contributed by atoms with Crippen LogP contribution in [0, 0.1) is 5.41 Å². The molecule has 1 spiro atoms. The molecular weight excluding hydrogens is 370 g/mol. The van der Waals surface area contributed by atoms with Gasteiger partial charge in [-0.1, -0.05) is 48.5 Å². The summed E-state index contributed by atoms with van der Waals surface area (Å²) >= 11 is 0. The molecule has 0 aromatic heterocycles. The quantitative estimate of drug-likeness (QED) is 0.618. The second-order valence-corrected chi connectivity index (χ2v) is 8.22. The van der Waals surface area contributed by atoms with Gasteiger partial charge in [0, 0.05) is 11.1 Å². The number of piperidine rings is 1. The molecule has 0 radical (unpaired) electrons. The Morgan fingerprint density at radius 3 is 2.47 bits per heavy atom. The van der Waals surface area contributed by atoms with E-state index >= 15 is 0 Å². The summed E-state index contributed by atoms with van der Waals surface area (Å²) in [6, 6.07) is 26.8. The molecular formula is C26H27N3O. The number of hydrogen-bond donors (Lipinski definition) is 2. The maximum Gasteiger partial charge on any atom is 0.127 e. The van der Waals surface area contributed by atoms with Crippen molar-refractivity contribution < 1.29 is 4.74 Å². The molecule has 3 aromatic carbocycles. The number of anilines is 1. The number of benzene rings is 3. The van der Waals surface area contributed by atoms with Crippen molar-refractivity contribution in [2.45, 2.75) is 25.8 Å². The van der Waals surface area contributed by atoms with Gasteiger partial charge in [-0.2, -0.15) is 0 Å². The monoisotopic (exact) mass is 397 g/mol. The van der Waals surface area contributed by atoms with Crippen molar-refractivity contribution in [3.05, 3.63) is 90.0 Å². The first-order valence-electron chi connectivity index (χ1n) is 10.7. The van der Waals surface area contributed by atoms with Crippen molar-refractivity contribution in [2.24, 2.45) is 10.4 Å². The third kappa shape index (κ3) is 3.96. The van der Waals surface area contributed by atoms with Crippen LogP contribution in [0.5, 0.6) is 11.5 Å². The van der Waals surface area contributed by atoms with E-state index in [9.17, 15) is 0 Å². The molecule has 5 rings (SSSR count). The minimum Gasteiger partial charge on any atom is -0.457 e. The van der Waals surface area contributed by atoms with Gasteiger partial charge < -0.3 is 15.4 Å². The van der Waals surface area contributed by atoms with E-state index in [1.807, 2.05) is 42.5 Å². The Kier molecular flexibility index (Phi) is 5.24. The number of amidine groups is 1. The summed E-state index contributed by atoms with van der Waals surface area (Å²) < 4.78 is 5.99. The number of nitrogens with one attached hydrogen (secondary N) is 2. The standard InChI is InChI=1S/C26H27N3O/c1-2-9-22(10-3-1)30-23-11-6-7-20(17-23)19-28-25-26(13-15-27-16-14-26)18-21-8-4-5-12-24(21)29-25/h1-12,17,27H,13-16,18-19H2,(H,28,29). The van der Waals surface area contributed by atoms with Gasteiger partial charge in [0.25, 0.3) is 0 Å². The highest BCUT2D eigenvalue weighted by Gasteiger charge is 2.40. The largest absolute Gasteiger partial charge is 0.457 e. The van der Waals surface area contributed by atoms with Crippen LogP contribution in [0.25, 0.3) is 0 Å². The van der Waals surface area contributed by atoms with Crippen molar-refractivity contribution in [3.8, 4) is 11.5 Å². The van der Waals surface area contributed by atoms with Crippen molar-refractivity contribution >= 4 is 11.5 Å².